The molecule has 0 saturated carbocycles. The lowest BCUT2D eigenvalue weighted by Gasteiger charge is -2.20. The number of rotatable bonds is 4. The Balaban J connectivity index is 2.41. The van der Waals surface area contributed by atoms with E-state index in [-0.39, 0.29) is 18.9 Å². The molecule has 1 saturated heterocycles. The van der Waals surface area contributed by atoms with Crippen LogP contribution in [0.1, 0.15) is 6.42 Å². The van der Waals surface area contributed by atoms with Crippen LogP contribution in [0.15, 0.2) is 12.1 Å². The van der Waals surface area contributed by atoms with Crippen molar-refractivity contribution >= 4 is 29.2 Å². The Labute approximate surface area is 120 Å². The number of carbonyl (C=O) groups is 2. The summed E-state index contributed by atoms with van der Waals surface area (Å²) in [6.45, 7) is 0.106. The zero-order valence-electron chi connectivity index (χ0n) is 11.1. The van der Waals surface area contributed by atoms with E-state index in [0.717, 1.165) is 0 Å². The number of hydrogen-bond donors (Lipinski definition) is 1. The van der Waals surface area contributed by atoms with Crippen LogP contribution in [0.3, 0.4) is 0 Å². The quantitative estimate of drug-likeness (QED) is 0.917. The Bertz CT molecular complexity index is 560. The normalized spacial score (nSPS) is 18.2. The molecule has 1 N–H and O–H groups in total. The van der Waals surface area contributed by atoms with Gasteiger partial charge in [0.2, 0.25) is 5.91 Å². The summed E-state index contributed by atoms with van der Waals surface area (Å²) in [5.74, 6) is -1.17. The smallest absolute Gasteiger partial charge is 0.308 e. The van der Waals surface area contributed by atoms with Gasteiger partial charge in [-0.3, -0.25) is 9.59 Å². The second-order valence-corrected chi connectivity index (χ2v) is 4.81. The van der Waals surface area contributed by atoms with E-state index in [9.17, 15) is 9.59 Å². The van der Waals surface area contributed by atoms with Gasteiger partial charge >= 0.3 is 5.97 Å². The highest BCUT2D eigenvalue weighted by atomic mass is 35.5. The summed E-state index contributed by atoms with van der Waals surface area (Å²) < 4.78 is 10.3. The largest absolute Gasteiger partial charge is 0.495 e. The fourth-order valence-electron chi connectivity index (χ4n) is 2.16. The molecule has 0 unspecified atom stereocenters. The number of hydrogen-bond acceptors (Lipinski definition) is 4. The van der Waals surface area contributed by atoms with Crippen molar-refractivity contribution in [2.24, 2.45) is 5.92 Å². The van der Waals surface area contributed by atoms with Crippen LogP contribution in [-0.2, 0) is 9.59 Å². The third-order valence-electron chi connectivity index (χ3n) is 3.22. The monoisotopic (exact) mass is 299 g/mol. The van der Waals surface area contributed by atoms with Gasteiger partial charge in [-0.25, -0.2) is 0 Å². The molecule has 6 nitrogen and oxygen atoms in total. The molecule has 1 aromatic rings. The number of amides is 1. The van der Waals surface area contributed by atoms with Crippen molar-refractivity contribution in [1.29, 1.82) is 0 Å². The van der Waals surface area contributed by atoms with Crippen LogP contribution in [0.2, 0.25) is 5.02 Å². The molecule has 0 aromatic heterocycles. The number of benzene rings is 1. The standard InChI is InChI=1S/C13H14ClNO5/c1-19-10-5-9(11(20-2)4-8(10)14)15-6-7(13(17)18)3-12(15)16/h4-5,7H,3,6H2,1-2H3,(H,17,18)/t7-/m0/s1. The number of carboxylic acid groups (broad SMARTS) is 1. The van der Waals surface area contributed by atoms with Crippen molar-refractivity contribution in [1.82, 2.24) is 0 Å². The van der Waals surface area contributed by atoms with E-state index in [1.54, 1.807) is 6.07 Å². The molecule has 0 aliphatic carbocycles. The van der Waals surface area contributed by atoms with E-state index < -0.39 is 11.9 Å². The lowest BCUT2D eigenvalue weighted by molar-refractivity contribution is -0.141. The zero-order valence-corrected chi connectivity index (χ0v) is 11.8. The average Bonchev–Trinajstić information content (AvgIpc) is 2.80. The summed E-state index contributed by atoms with van der Waals surface area (Å²) in [6.07, 6.45) is -0.0244. The Hall–Kier alpha value is -1.95. The molecule has 1 amide bonds. The van der Waals surface area contributed by atoms with Gasteiger partial charge in [-0.1, -0.05) is 11.6 Å². The molecule has 1 heterocycles. The fourth-order valence-corrected chi connectivity index (χ4v) is 2.39. The predicted molar refractivity (Wildman–Crippen MR) is 72.7 cm³/mol. The second-order valence-electron chi connectivity index (χ2n) is 4.40. The lowest BCUT2D eigenvalue weighted by Crippen LogP contribution is -2.26. The van der Waals surface area contributed by atoms with Gasteiger partial charge in [-0.15, -0.1) is 0 Å². The third-order valence-corrected chi connectivity index (χ3v) is 3.51. The maximum atomic E-state index is 12.0. The van der Waals surface area contributed by atoms with Gasteiger partial charge in [0.15, 0.2) is 0 Å². The molecule has 7 heteroatoms. The fraction of sp³-hybridized carbons (Fsp3) is 0.385. The Morgan fingerprint density at radius 2 is 2.00 bits per heavy atom. The van der Waals surface area contributed by atoms with E-state index in [4.69, 9.17) is 26.2 Å². The van der Waals surface area contributed by atoms with E-state index in [0.29, 0.717) is 22.2 Å². The first kappa shape index (κ1) is 14.5. The van der Waals surface area contributed by atoms with E-state index in [2.05, 4.69) is 0 Å². The highest BCUT2D eigenvalue weighted by Crippen LogP contribution is 2.40. The summed E-state index contributed by atoms with van der Waals surface area (Å²) in [4.78, 5) is 24.4. The van der Waals surface area contributed by atoms with Gasteiger partial charge in [-0.2, -0.15) is 0 Å². The van der Waals surface area contributed by atoms with Crippen LogP contribution in [0.5, 0.6) is 11.5 Å². The van der Waals surface area contributed by atoms with Crippen LogP contribution >= 0.6 is 11.6 Å². The van der Waals surface area contributed by atoms with Crippen LogP contribution in [0.25, 0.3) is 0 Å². The number of carbonyl (C=O) groups excluding carboxylic acids is 1. The molecular formula is C13H14ClNO5. The molecule has 1 fully saturated rings. The molecule has 0 spiro atoms. The number of nitrogens with zero attached hydrogens (tertiary/aromatic N) is 1. The SMILES string of the molecule is COc1cc(N2C[C@@H](C(=O)O)CC2=O)c(OC)cc1Cl. The highest BCUT2D eigenvalue weighted by Gasteiger charge is 2.36. The molecule has 0 radical (unpaired) electrons. The summed E-state index contributed by atoms with van der Waals surface area (Å²) in [5, 5.41) is 9.37. The van der Waals surface area contributed by atoms with Crippen molar-refractivity contribution in [3.8, 4) is 11.5 Å². The van der Waals surface area contributed by atoms with Crippen LogP contribution in [-0.4, -0.2) is 37.7 Å². The first-order valence-corrected chi connectivity index (χ1v) is 6.30. The molecular weight excluding hydrogens is 286 g/mol. The van der Waals surface area contributed by atoms with Crippen LogP contribution in [0, 0.1) is 5.92 Å². The number of carboxylic acids is 1. The molecule has 2 rings (SSSR count). The number of methoxy groups -OCH3 is 2. The maximum Gasteiger partial charge on any atom is 0.308 e. The highest BCUT2D eigenvalue weighted by molar-refractivity contribution is 6.32. The van der Waals surface area contributed by atoms with Gasteiger partial charge < -0.3 is 19.5 Å². The topological polar surface area (TPSA) is 76.1 Å². The average molecular weight is 300 g/mol. The number of anilines is 1. The zero-order chi connectivity index (χ0) is 14.9. The first-order valence-electron chi connectivity index (χ1n) is 5.92. The summed E-state index contributed by atoms with van der Waals surface area (Å²) in [5.41, 5.74) is 0.461. The maximum absolute atomic E-state index is 12.0. The molecule has 1 aliphatic rings. The number of aliphatic carboxylic acids is 1. The van der Waals surface area contributed by atoms with Crippen molar-refractivity contribution in [2.75, 3.05) is 25.7 Å². The molecule has 1 aliphatic heterocycles. The van der Waals surface area contributed by atoms with Gasteiger partial charge in [0.25, 0.3) is 0 Å². The molecule has 1 atom stereocenters. The van der Waals surface area contributed by atoms with Crippen molar-refractivity contribution in [3.63, 3.8) is 0 Å². The third kappa shape index (κ3) is 2.51. The van der Waals surface area contributed by atoms with Gasteiger partial charge in [0.05, 0.1) is 30.8 Å². The van der Waals surface area contributed by atoms with E-state index in [1.165, 1.54) is 25.2 Å². The Morgan fingerprint density at radius 1 is 1.35 bits per heavy atom. The van der Waals surface area contributed by atoms with Gasteiger partial charge in [0.1, 0.15) is 11.5 Å². The molecule has 20 heavy (non-hydrogen) atoms. The van der Waals surface area contributed by atoms with E-state index >= 15 is 0 Å². The van der Waals surface area contributed by atoms with Crippen LogP contribution in [0.4, 0.5) is 5.69 Å². The van der Waals surface area contributed by atoms with Crippen molar-refractivity contribution in [3.05, 3.63) is 17.2 Å². The minimum Gasteiger partial charge on any atom is -0.495 e. The number of ether oxygens (including phenoxy) is 2. The van der Waals surface area contributed by atoms with Crippen LogP contribution < -0.4 is 14.4 Å². The first-order chi connectivity index (χ1) is 9.47. The lowest BCUT2D eigenvalue weighted by atomic mass is 10.1. The number of halogens is 1. The summed E-state index contributed by atoms with van der Waals surface area (Å²) in [7, 11) is 2.92. The summed E-state index contributed by atoms with van der Waals surface area (Å²) in [6, 6.07) is 3.11. The minimum absolute atomic E-state index is 0.0244. The summed E-state index contributed by atoms with van der Waals surface area (Å²) >= 11 is 6.00. The molecule has 1 aromatic carbocycles. The van der Waals surface area contributed by atoms with Crippen molar-refractivity contribution < 1.29 is 24.2 Å². The Morgan fingerprint density at radius 3 is 2.50 bits per heavy atom. The van der Waals surface area contributed by atoms with Gasteiger partial charge in [-0.05, 0) is 0 Å². The predicted octanol–water partition coefficient (Wildman–Crippen LogP) is 1.79. The molecule has 0 bridgehead atoms. The minimum atomic E-state index is -0.985. The Kier molecular flexibility index (Phi) is 4.04. The second kappa shape index (κ2) is 5.58. The van der Waals surface area contributed by atoms with Crippen molar-refractivity contribution in [2.45, 2.75) is 6.42 Å². The van der Waals surface area contributed by atoms with Gasteiger partial charge in [0, 0.05) is 25.1 Å². The van der Waals surface area contributed by atoms with E-state index in [1.807, 2.05) is 0 Å². The molecule has 108 valence electrons.